The minimum atomic E-state index is -0.343. The number of hydrogen-bond acceptors (Lipinski definition) is 4. The fourth-order valence-corrected chi connectivity index (χ4v) is 0.220. The lowest BCUT2D eigenvalue weighted by molar-refractivity contribution is -0.956. The molecule has 0 bridgehead atoms. The highest BCUT2D eigenvalue weighted by atomic mass is 35.5. The third kappa shape index (κ3) is 1.61. The molecule has 1 aliphatic heterocycles. The summed E-state index contributed by atoms with van der Waals surface area (Å²) in [6.07, 6.45) is 0. The first-order valence-electron chi connectivity index (χ1n) is 1.67. The van der Waals surface area contributed by atoms with Crippen molar-refractivity contribution in [3.63, 3.8) is 0 Å². The topological polar surface area (TPSA) is 92.9 Å². The van der Waals surface area contributed by atoms with Gasteiger partial charge in [0.1, 0.15) is 4.90 Å². The van der Waals surface area contributed by atoms with Gasteiger partial charge in [0.25, 0.3) is 0 Å². The van der Waals surface area contributed by atoms with E-state index in [4.69, 9.17) is 10.4 Å². The van der Waals surface area contributed by atoms with Gasteiger partial charge in [-0.15, -0.1) is 12.4 Å². The molecule has 0 aliphatic carbocycles. The van der Waals surface area contributed by atoms with Crippen molar-refractivity contribution >= 4 is 18.4 Å². The van der Waals surface area contributed by atoms with Crippen LogP contribution in [0.1, 0.15) is 0 Å². The number of guanidine groups is 1. The van der Waals surface area contributed by atoms with Crippen LogP contribution in [0.3, 0.4) is 0 Å². The molecule has 1 rings (SSSR count). The van der Waals surface area contributed by atoms with Gasteiger partial charge in [-0.05, 0) is 0 Å². The second-order valence-corrected chi connectivity index (χ2v) is 0.968. The highest BCUT2D eigenvalue weighted by molar-refractivity contribution is 5.85. The SMILES string of the molecule is Cl.O[N+](O)=C1N=NN=N1. The van der Waals surface area contributed by atoms with E-state index in [0.29, 0.717) is 0 Å². The van der Waals surface area contributed by atoms with E-state index in [1.807, 2.05) is 0 Å². The molecule has 50 valence electrons. The van der Waals surface area contributed by atoms with Gasteiger partial charge >= 0.3 is 5.96 Å². The molecule has 8 heteroatoms. The Bertz CT molecular complexity index is 165. The third-order valence-corrected chi connectivity index (χ3v) is 0.487. The Morgan fingerprint density at radius 2 is 1.56 bits per heavy atom. The Morgan fingerprint density at radius 3 is 1.78 bits per heavy atom. The van der Waals surface area contributed by atoms with E-state index in [9.17, 15) is 0 Å². The zero-order chi connectivity index (χ0) is 5.98. The lowest BCUT2D eigenvalue weighted by Gasteiger charge is -1.75. The lowest BCUT2D eigenvalue weighted by atomic mass is 11.1. The molecule has 0 spiro atoms. The molecule has 0 saturated heterocycles. The molecule has 0 amide bonds. The second kappa shape index (κ2) is 2.92. The van der Waals surface area contributed by atoms with Crippen LogP contribution < -0.4 is 0 Å². The van der Waals surface area contributed by atoms with Crippen molar-refractivity contribution in [2.45, 2.75) is 0 Å². The highest BCUT2D eigenvalue weighted by Gasteiger charge is 2.17. The normalized spacial score (nSPS) is 13.6. The average molecular weight is 153 g/mol. The van der Waals surface area contributed by atoms with Gasteiger partial charge in [0.2, 0.25) is 0 Å². The molecule has 0 aromatic heterocycles. The summed E-state index contributed by atoms with van der Waals surface area (Å²) in [6.45, 7) is 0. The van der Waals surface area contributed by atoms with Crippen LogP contribution in [0.2, 0.25) is 0 Å². The Labute approximate surface area is 55.4 Å². The molecule has 0 atom stereocenters. The molecule has 0 saturated carbocycles. The minimum absolute atomic E-state index is 0. The first-order chi connectivity index (χ1) is 3.80. The molecular weight excluding hydrogens is 149 g/mol. The number of hydrogen-bond donors (Lipinski definition) is 2. The predicted molar refractivity (Wildman–Crippen MR) is 25.8 cm³/mol. The molecule has 0 fully saturated rings. The minimum Gasteiger partial charge on any atom is -0.340 e. The van der Waals surface area contributed by atoms with Crippen LogP contribution in [0.15, 0.2) is 20.7 Å². The maximum atomic E-state index is 8.10. The Balaban J connectivity index is 0.000000640. The summed E-state index contributed by atoms with van der Waals surface area (Å²) in [7, 11) is 0. The molecule has 2 N–H and O–H groups in total. The second-order valence-electron chi connectivity index (χ2n) is 0.968. The van der Waals surface area contributed by atoms with Gasteiger partial charge in [-0.3, -0.25) is 0 Å². The van der Waals surface area contributed by atoms with Crippen molar-refractivity contribution in [2.24, 2.45) is 20.7 Å². The van der Waals surface area contributed by atoms with Crippen molar-refractivity contribution in [1.82, 2.24) is 0 Å². The van der Waals surface area contributed by atoms with Crippen LogP contribution >= 0.6 is 12.4 Å². The lowest BCUT2D eigenvalue weighted by Crippen LogP contribution is -2.06. The van der Waals surface area contributed by atoms with Gasteiger partial charge in [-0.1, -0.05) is 0 Å². The quantitative estimate of drug-likeness (QED) is 0.388. The Morgan fingerprint density at radius 1 is 1.11 bits per heavy atom. The molecule has 0 radical (unpaired) electrons. The fourth-order valence-electron chi connectivity index (χ4n) is 0.220. The maximum absolute atomic E-state index is 8.10. The summed E-state index contributed by atoms with van der Waals surface area (Å²) >= 11 is 0. The molecule has 7 nitrogen and oxygen atoms in total. The Kier molecular flexibility index (Phi) is 2.52. The smallest absolute Gasteiger partial charge is 0.340 e. The maximum Gasteiger partial charge on any atom is 0.551 e. The van der Waals surface area contributed by atoms with Crippen LogP contribution in [0.4, 0.5) is 0 Å². The molecule has 9 heavy (non-hydrogen) atoms. The summed E-state index contributed by atoms with van der Waals surface area (Å²) in [5.74, 6) is -0.343. The first kappa shape index (κ1) is 7.76. The van der Waals surface area contributed by atoms with Gasteiger partial charge in [0.15, 0.2) is 0 Å². The summed E-state index contributed by atoms with van der Waals surface area (Å²) in [4.78, 5) is -0.264. The van der Waals surface area contributed by atoms with Gasteiger partial charge < -0.3 is 10.4 Å². The van der Waals surface area contributed by atoms with Crippen molar-refractivity contribution < 1.29 is 15.3 Å². The standard InChI is InChI=1S/CH2N5O2.ClH/c7-6(8)1-2-4-5-3-1;/h7-8H;1H/q+1;. The van der Waals surface area contributed by atoms with E-state index in [0.717, 1.165) is 0 Å². The third-order valence-electron chi connectivity index (χ3n) is 0.487. The van der Waals surface area contributed by atoms with E-state index in [1.54, 1.807) is 0 Å². The van der Waals surface area contributed by atoms with E-state index in [-0.39, 0.29) is 23.3 Å². The van der Waals surface area contributed by atoms with Crippen LogP contribution in [-0.4, -0.2) is 21.3 Å². The van der Waals surface area contributed by atoms with E-state index >= 15 is 0 Å². The number of nitrogens with zero attached hydrogens (tertiary/aromatic N) is 5. The molecule has 1 heterocycles. The van der Waals surface area contributed by atoms with Crippen LogP contribution in [-0.2, 0) is 0 Å². The van der Waals surface area contributed by atoms with E-state index < -0.39 is 0 Å². The van der Waals surface area contributed by atoms with Crippen LogP contribution in [0.5, 0.6) is 0 Å². The van der Waals surface area contributed by atoms with Gasteiger partial charge in [-0.25, -0.2) is 0 Å². The van der Waals surface area contributed by atoms with E-state index in [1.165, 1.54) is 0 Å². The zero-order valence-electron chi connectivity index (χ0n) is 4.04. The van der Waals surface area contributed by atoms with Gasteiger partial charge in [0, 0.05) is 0 Å². The first-order valence-corrected chi connectivity index (χ1v) is 1.67. The van der Waals surface area contributed by atoms with Crippen molar-refractivity contribution in [3.05, 3.63) is 0 Å². The van der Waals surface area contributed by atoms with Crippen molar-refractivity contribution in [3.8, 4) is 0 Å². The van der Waals surface area contributed by atoms with Gasteiger partial charge in [0.05, 0.1) is 20.7 Å². The summed E-state index contributed by atoms with van der Waals surface area (Å²) in [5, 5.41) is 28.3. The molecule has 0 unspecified atom stereocenters. The summed E-state index contributed by atoms with van der Waals surface area (Å²) < 4.78 is 0. The Hall–Kier alpha value is -1.24. The highest BCUT2D eigenvalue weighted by Crippen LogP contribution is 1.94. The molecule has 0 aromatic rings. The van der Waals surface area contributed by atoms with Crippen LogP contribution in [0, 0.1) is 0 Å². The molecule has 1 aliphatic rings. The van der Waals surface area contributed by atoms with E-state index in [2.05, 4.69) is 20.7 Å². The number of halogens is 1. The van der Waals surface area contributed by atoms with Crippen molar-refractivity contribution in [2.75, 3.05) is 0 Å². The summed E-state index contributed by atoms with van der Waals surface area (Å²) in [5.41, 5.74) is 0. The van der Waals surface area contributed by atoms with Gasteiger partial charge in [-0.2, -0.15) is 0 Å². The summed E-state index contributed by atoms with van der Waals surface area (Å²) in [6, 6.07) is 0. The fraction of sp³-hybridized carbons (Fsp3) is 0. The monoisotopic (exact) mass is 152 g/mol. The zero-order valence-corrected chi connectivity index (χ0v) is 4.86. The van der Waals surface area contributed by atoms with Crippen LogP contribution in [0.25, 0.3) is 0 Å². The predicted octanol–water partition coefficient (Wildman–Crippen LogP) is 0.388. The molecular formula is CH3ClN5O2+. The average Bonchev–Trinajstić information content (AvgIpc) is 2.12. The molecule has 0 aromatic carbocycles. The largest absolute Gasteiger partial charge is 0.551 e. The van der Waals surface area contributed by atoms with Crippen molar-refractivity contribution in [1.29, 1.82) is 0 Å². The number of rotatable bonds is 0.